The van der Waals surface area contributed by atoms with Crippen molar-refractivity contribution in [2.45, 2.75) is 38.3 Å². The molecule has 0 bridgehead atoms. The molecule has 11 heavy (non-hydrogen) atoms. The monoisotopic (exact) mass is 162 g/mol. The van der Waals surface area contributed by atoms with E-state index in [1.165, 1.54) is 0 Å². The van der Waals surface area contributed by atoms with E-state index >= 15 is 0 Å². The summed E-state index contributed by atoms with van der Waals surface area (Å²) < 4.78 is 11.8. The van der Waals surface area contributed by atoms with E-state index in [4.69, 9.17) is 5.73 Å². The lowest BCUT2D eigenvalue weighted by Crippen LogP contribution is -2.33. The molecule has 0 fully saturated rings. The van der Waals surface area contributed by atoms with E-state index < -0.39 is 0 Å². The van der Waals surface area contributed by atoms with Crippen LogP contribution in [0.2, 0.25) is 0 Å². The van der Waals surface area contributed by atoms with Gasteiger partial charge in [0.15, 0.2) is 0 Å². The average molecular weight is 162 g/mol. The van der Waals surface area contributed by atoms with E-state index in [0.717, 1.165) is 12.8 Å². The molecule has 0 aliphatic rings. The van der Waals surface area contributed by atoms with Crippen LogP contribution < -0.4 is 11.1 Å². The van der Waals surface area contributed by atoms with Crippen molar-refractivity contribution in [2.24, 2.45) is 5.73 Å². The summed E-state index contributed by atoms with van der Waals surface area (Å²) in [5, 5.41) is 3.14. The second-order valence-electron chi connectivity index (χ2n) is 2.87. The Balaban J connectivity index is 3.44. The molecule has 68 valence electrons. The van der Waals surface area contributed by atoms with Crippen molar-refractivity contribution in [2.75, 3.05) is 13.7 Å². The maximum absolute atomic E-state index is 11.8. The lowest BCUT2D eigenvalue weighted by atomic mass is 10.0. The summed E-state index contributed by atoms with van der Waals surface area (Å²) in [5.74, 6) is 0. The first-order valence-electron chi connectivity index (χ1n) is 4.23. The van der Waals surface area contributed by atoms with Crippen LogP contribution in [-0.4, -0.2) is 25.8 Å². The van der Waals surface area contributed by atoms with E-state index in [-0.39, 0.29) is 12.7 Å². The van der Waals surface area contributed by atoms with Crippen molar-refractivity contribution in [1.29, 1.82) is 0 Å². The minimum absolute atomic E-state index is 0.0115. The van der Waals surface area contributed by atoms with Crippen molar-refractivity contribution < 1.29 is 4.39 Å². The zero-order valence-corrected chi connectivity index (χ0v) is 7.44. The third-order valence-electron chi connectivity index (χ3n) is 1.97. The van der Waals surface area contributed by atoms with Crippen LogP contribution in [0, 0.1) is 0 Å². The van der Waals surface area contributed by atoms with E-state index in [9.17, 15) is 4.39 Å². The highest BCUT2D eigenvalue weighted by Crippen LogP contribution is 2.02. The van der Waals surface area contributed by atoms with Crippen LogP contribution >= 0.6 is 0 Å². The molecule has 0 aliphatic carbocycles. The van der Waals surface area contributed by atoms with Crippen LogP contribution in [0.15, 0.2) is 0 Å². The molecule has 0 aliphatic heterocycles. The third kappa shape index (κ3) is 5.16. The summed E-state index contributed by atoms with van der Waals surface area (Å²) >= 11 is 0. The Morgan fingerprint density at radius 1 is 1.55 bits per heavy atom. The van der Waals surface area contributed by atoms with Crippen molar-refractivity contribution in [3.05, 3.63) is 0 Å². The largest absolute Gasteiger partial charge is 0.328 e. The number of halogens is 1. The smallest absolute Gasteiger partial charge is 0.0909 e. The van der Waals surface area contributed by atoms with E-state index in [1.807, 2.05) is 7.05 Å². The molecule has 3 N–H and O–H groups in total. The zero-order valence-electron chi connectivity index (χ0n) is 7.44. The second kappa shape index (κ2) is 6.55. The molecule has 0 unspecified atom stereocenters. The van der Waals surface area contributed by atoms with Crippen LogP contribution in [0.4, 0.5) is 4.39 Å². The molecule has 0 saturated carbocycles. The summed E-state index contributed by atoms with van der Waals surface area (Å²) in [6.07, 6.45) is 2.41. The van der Waals surface area contributed by atoms with E-state index in [0.29, 0.717) is 12.5 Å². The minimum atomic E-state index is -0.304. The molecule has 3 heteroatoms. The summed E-state index contributed by atoms with van der Waals surface area (Å²) in [5.41, 5.74) is 5.66. The van der Waals surface area contributed by atoms with Gasteiger partial charge in [-0.2, -0.15) is 0 Å². The molecule has 0 rings (SSSR count). The van der Waals surface area contributed by atoms with Crippen LogP contribution in [0.1, 0.15) is 26.2 Å². The summed E-state index contributed by atoms with van der Waals surface area (Å²) in [6, 6.07) is 0.453. The van der Waals surface area contributed by atoms with Crippen LogP contribution in [0.25, 0.3) is 0 Å². The molecule has 2 nitrogen and oxygen atoms in total. The van der Waals surface area contributed by atoms with Gasteiger partial charge in [-0.3, -0.25) is 4.39 Å². The summed E-state index contributed by atoms with van der Waals surface area (Å²) in [6.45, 7) is 1.80. The van der Waals surface area contributed by atoms with Gasteiger partial charge in [-0.05, 0) is 26.3 Å². The second-order valence-corrected chi connectivity index (χ2v) is 2.87. The molecular formula is C8H19FN2. The number of alkyl halides is 1. The lowest BCUT2D eigenvalue weighted by molar-refractivity contribution is 0.389. The van der Waals surface area contributed by atoms with Gasteiger partial charge in [-0.1, -0.05) is 6.92 Å². The Morgan fingerprint density at radius 2 is 2.18 bits per heavy atom. The molecule has 0 saturated heterocycles. The average Bonchev–Trinajstić information content (AvgIpc) is 2.01. The predicted octanol–water partition coefficient (Wildman–Crippen LogP) is 1.06. The first-order chi connectivity index (χ1) is 5.24. The Kier molecular flexibility index (Phi) is 6.46. The van der Waals surface area contributed by atoms with Crippen molar-refractivity contribution in [3.63, 3.8) is 0 Å². The van der Waals surface area contributed by atoms with Gasteiger partial charge in [0.1, 0.15) is 0 Å². The Labute approximate surface area is 68.3 Å². The first kappa shape index (κ1) is 10.8. The lowest BCUT2D eigenvalue weighted by Gasteiger charge is -2.17. The summed E-state index contributed by atoms with van der Waals surface area (Å²) in [7, 11) is 1.91. The van der Waals surface area contributed by atoms with Gasteiger partial charge >= 0.3 is 0 Å². The van der Waals surface area contributed by atoms with Crippen LogP contribution in [-0.2, 0) is 0 Å². The minimum Gasteiger partial charge on any atom is -0.328 e. The SMILES string of the molecule is CC[C@H](C[C@H](N)CCF)NC. The van der Waals surface area contributed by atoms with Gasteiger partial charge in [0.25, 0.3) is 0 Å². The molecule has 0 aromatic rings. The third-order valence-corrected chi connectivity index (χ3v) is 1.97. The molecule has 2 atom stereocenters. The molecular weight excluding hydrogens is 143 g/mol. The first-order valence-corrected chi connectivity index (χ1v) is 4.23. The molecule has 0 heterocycles. The predicted molar refractivity (Wildman–Crippen MR) is 46.3 cm³/mol. The quantitative estimate of drug-likeness (QED) is 0.613. The molecule has 0 aromatic carbocycles. The van der Waals surface area contributed by atoms with Crippen LogP contribution in [0.3, 0.4) is 0 Å². The molecule has 0 spiro atoms. The number of nitrogens with two attached hydrogens (primary N) is 1. The normalized spacial score (nSPS) is 16.4. The number of hydrogen-bond donors (Lipinski definition) is 2. The summed E-state index contributed by atoms with van der Waals surface area (Å²) in [4.78, 5) is 0. The van der Waals surface area contributed by atoms with Gasteiger partial charge < -0.3 is 11.1 Å². The number of hydrogen-bond acceptors (Lipinski definition) is 2. The van der Waals surface area contributed by atoms with E-state index in [2.05, 4.69) is 12.2 Å². The highest BCUT2D eigenvalue weighted by Gasteiger charge is 2.08. The van der Waals surface area contributed by atoms with E-state index in [1.54, 1.807) is 0 Å². The van der Waals surface area contributed by atoms with Gasteiger partial charge in [0.2, 0.25) is 0 Å². The fourth-order valence-corrected chi connectivity index (χ4v) is 1.11. The fraction of sp³-hybridized carbons (Fsp3) is 1.00. The van der Waals surface area contributed by atoms with Gasteiger partial charge in [-0.25, -0.2) is 0 Å². The fourth-order valence-electron chi connectivity index (χ4n) is 1.11. The van der Waals surface area contributed by atoms with Crippen molar-refractivity contribution in [1.82, 2.24) is 5.32 Å². The Bertz CT molecular complexity index is 84.2. The van der Waals surface area contributed by atoms with Gasteiger partial charge in [0, 0.05) is 12.1 Å². The Morgan fingerprint density at radius 3 is 2.55 bits per heavy atom. The highest BCUT2D eigenvalue weighted by molar-refractivity contribution is 4.70. The maximum Gasteiger partial charge on any atom is 0.0909 e. The van der Waals surface area contributed by atoms with Crippen molar-refractivity contribution >= 4 is 0 Å². The van der Waals surface area contributed by atoms with Crippen LogP contribution in [0.5, 0.6) is 0 Å². The zero-order chi connectivity index (χ0) is 8.69. The topological polar surface area (TPSA) is 38.0 Å². The van der Waals surface area contributed by atoms with Gasteiger partial charge in [0.05, 0.1) is 6.67 Å². The molecule has 0 radical (unpaired) electrons. The molecule has 0 amide bonds. The number of rotatable bonds is 6. The van der Waals surface area contributed by atoms with Gasteiger partial charge in [-0.15, -0.1) is 0 Å². The van der Waals surface area contributed by atoms with Crippen molar-refractivity contribution in [3.8, 4) is 0 Å². The standard InChI is InChI=1S/C8H19FN2/c1-3-8(11-2)6-7(10)4-5-9/h7-8,11H,3-6,10H2,1-2H3/t7-,8-/m1/s1. The number of nitrogens with one attached hydrogen (secondary N) is 1. The highest BCUT2D eigenvalue weighted by atomic mass is 19.1. The molecule has 0 aromatic heterocycles. The Hall–Kier alpha value is -0.150. The maximum atomic E-state index is 11.8.